The van der Waals surface area contributed by atoms with Crippen molar-refractivity contribution < 1.29 is 0 Å². The molecule has 1 heterocycles. The molecule has 0 unspecified atom stereocenters. The predicted molar refractivity (Wildman–Crippen MR) is 80.8 cm³/mol. The molecule has 1 aromatic heterocycles. The number of rotatable bonds is 4. The Labute approximate surface area is 124 Å². The van der Waals surface area contributed by atoms with Gasteiger partial charge < -0.3 is 5.73 Å². The van der Waals surface area contributed by atoms with Crippen LogP contribution < -0.4 is 5.73 Å². The molecule has 0 aliphatic heterocycles. The third-order valence-electron chi connectivity index (χ3n) is 2.45. The first-order chi connectivity index (χ1) is 8.54. The monoisotopic (exact) mass is 345 g/mol. The minimum absolute atomic E-state index is 0.611. The lowest BCUT2D eigenvalue weighted by atomic mass is 10.2. The lowest BCUT2D eigenvalue weighted by molar-refractivity contribution is 0.322. The molecule has 96 valence electrons. The number of nitrogens with two attached hydrogens (primary N) is 1. The molecule has 2 aromatic rings. The highest BCUT2D eigenvalue weighted by Gasteiger charge is 2.07. The van der Waals surface area contributed by atoms with E-state index in [1.165, 1.54) is 11.3 Å². The van der Waals surface area contributed by atoms with Crippen molar-refractivity contribution in [2.75, 3.05) is 12.8 Å². The van der Waals surface area contributed by atoms with Crippen LogP contribution in [-0.2, 0) is 13.1 Å². The van der Waals surface area contributed by atoms with Crippen LogP contribution in [-0.4, -0.2) is 16.9 Å². The Morgan fingerprint density at radius 2 is 2.22 bits per heavy atom. The highest BCUT2D eigenvalue weighted by atomic mass is 79.9. The fourth-order valence-corrected chi connectivity index (χ4v) is 3.16. The summed E-state index contributed by atoms with van der Waals surface area (Å²) in [6, 6.07) is 5.94. The zero-order chi connectivity index (χ0) is 13.1. The molecule has 0 aliphatic carbocycles. The maximum absolute atomic E-state index is 6.19. The molecule has 0 bridgehead atoms. The van der Waals surface area contributed by atoms with Gasteiger partial charge in [0.05, 0.1) is 0 Å². The molecule has 2 rings (SSSR count). The van der Waals surface area contributed by atoms with E-state index in [4.69, 9.17) is 17.3 Å². The third kappa shape index (κ3) is 3.68. The largest absolute Gasteiger partial charge is 0.375 e. The van der Waals surface area contributed by atoms with E-state index in [2.05, 4.69) is 25.8 Å². The van der Waals surface area contributed by atoms with Crippen LogP contribution in [0.15, 0.2) is 28.9 Å². The SMILES string of the molecule is CN(Cc1cnc(N)s1)Cc1ccc(Br)cc1Cl. The molecule has 0 amide bonds. The van der Waals surface area contributed by atoms with Gasteiger partial charge in [-0.05, 0) is 24.7 Å². The van der Waals surface area contributed by atoms with Crippen molar-refractivity contribution in [1.29, 1.82) is 0 Å². The number of aromatic nitrogens is 1. The number of benzene rings is 1. The van der Waals surface area contributed by atoms with Gasteiger partial charge >= 0.3 is 0 Å². The molecule has 0 saturated heterocycles. The molecule has 6 heteroatoms. The first-order valence-corrected chi connectivity index (χ1v) is 7.36. The van der Waals surface area contributed by atoms with Crippen molar-refractivity contribution in [1.82, 2.24) is 9.88 Å². The van der Waals surface area contributed by atoms with E-state index in [-0.39, 0.29) is 0 Å². The molecule has 3 nitrogen and oxygen atoms in total. The van der Waals surface area contributed by atoms with E-state index in [1.807, 2.05) is 31.4 Å². The van der Waals surface area contributed by atoms with Crippen molar-refractivity contribution in [3.05, 3.63) is 44.3 Å². The number of hydrogen-bond donors (Lipinski definition) is 1. The summed E-state index contributed by atoms with van der Waals surface area (Å²) in [5.74, 6) is 0. The van der Waals surface area contributed by atoms with Crippen LogP contribution in [0.1, 0.15) is 10.4 Å². The fourth-order valence-electron chi connectivity index (χ4n) is 1.66. The normalized spacial score (nSPS) is 11.1. The quantitative estimate of drug-likeness (QED) is 0.916. The lowest BCUT2D eigenvalue weighted by Crippen LogP contribution is -2.16. The van der Waals surface area contributed by atoms with Crippen molar-refractivity contribution >= 4 is 44.0 Å². The van der Waals surface area contributed by atoms with Gasteiger partial charge in [0.1, 0.15) is 0 Å². The Hall–Kier alpha value is -0.620. The second-order valence-electron chi connectivity index (χ2n) is 4.07. The van der Waals surface area contributed by atoms with Gasteiger partial charge in [-0.1, -0.05) is 33.6 Å². The fraction of sp³-hybridized carbons (Fsp3) is 0.250. The van der Waals surface area contributed by atoms with Crippen LogP contribution in [0, 0.1) is 0 Å². The van der Waals surface area contributed by atoms with Gasteiger partial charge in [-0.3, -0.25) is 4.90 Å². The summed E-state index contributed by atoms with van der Waals surface area (Å²) in [6.45, 7) is 1.62. The number of halogens is 2. The zero-order valence-corrected chi connectivity index (χ0v) is 13.0. The average Bonchev–Trinajstić information content (AvgIpc) is 2.68. The summed E-state index contributed by atoms with van der Waals surface area (Å²) in [4.78, 5) is 7.38. The Morgan fingerprint density at radius 3 is 2.83 bits per heavy atom. The van der Waals surface area contributed by atoms with Crippen molar-refractivity contribution in [3.63, 3.8) is 0 Å². The summed E-state index contributed by atoms with van der Waals surface area (Å²) >= 11 is 11.1. The Bertz CT molecular complexity index is 544. The predicted octanol–water partition coefficient (Wildman–Crippen LogP) is 3.77. The number of nitrogens with zero attached hydrogens (tertiary/aromatic N) is 2. The molecule has 0 radical (unpaired) electrons. The number of thiazole rings is 1. The van der Waals surface area contributed by atoms with Gasteiger partial charge in [-0.25, -0.2) is 4.98 Å². The van der Waals surface area contributed by atoms with Crippen LogP contribution >= 0.6 is 38.9 Å². The molecular weight excluding hydrogens is 334 g/mol. The van der Waals surface area contributed by atoms with Crippen LogP contribution in [0.5, 0.6) is 0 Å². The van der Waals surface area contributed by atoms with E-state index < -0.39 is 0 Å². The number of anilines is 1. The van der Waals surface area contributed by atoms with Gasteiger partial charge in [0, 0.05) is 33.7 Å². The molecule has 0 atom stereocenters. The van der Waals surface area contributed by atoms with Crippen LogP contribution in [0.25, 0.3) is 0 Å². The minimum Gasteiger partial charge on any atom is -0.375 e. The second kappa shape index (κ2) is 6.02. The summed E-state index contributed by atoms with van der Waals surface area (Å²) in [6.07, 6.45) is 1.82. The van der Waals surface area contributed by atoms with E-state index in [1.54, 1.807) is 0 Å². The van der Waals surface area contributed by atoms with E-state index in [0.717, 1.165) is 33.0 Å². The topological polar surface area (TPSA) is 42.2 Å². The maximum Gasteiger partial charge on any atom is 0.180 e. The highest BCUT2D eigenvalue weighted by molar-refractivity contribution is 9.10. The van der Waals surface area contributed by atoms with Crippen LogP contribution in [0.3, 0.4) is 0 Å². The second-order valence-corrected chi connectivity index (χ2v) is 6.54. The Morgan fingerprint density at radius 1 is 1.44 bits per heavy atom. The number of hydrogen-bond acceptors (Lipinski definition) is 4. The lowest BCUT2D eigenvalue weighted by Gasteiger charge is -2.16. The van der Waals surface area contributed by atoms with Crippen molar-refractivity contribution in [2.45, 2.75) is 13.1 Å². The van der Waals surface area contributed by atoms with Gasteiger partial charge in [0.2, 0.25) is 0 Å². The first-order valence-electron chi connectivity index (χ1n) is 5.37. The molecule has 0 aliphatic rings. The zero-order valence-electron chi connectivity index (χ0n) is 9.86. The molecule has 0 spiro atoms. The Kier molecular flexibility index (Phi) is 4.61. The van der Waals surface area contributed by atoms with E-state index >= 15 is 0 Å². The smallest absolute Gasteiger partial charge is 0.180 e. The average molecular weight is 347 g/mol. The van der Waals surface area contributed by atoms with E-state index in [9.17, 15) is 0 Å². The Balaban J connectivity index is 2.00. The summed E-state index contributed by atoms with van der Waals surface area (Å²) in [5.41, 5.74) is 6.72. The first kappa shape index (κ1) is 13.8. The minimum atomic E-state index is 0.611. The van der Waals surface area contributed by atoms with Crippen molar-refractivity contribution in [2.24, 2.45) is 0 Å². The summed E-state index contributed by atoms with van der Waals surface area (Å²) in [7, 11) is 2.05. The van der Waals surface area contributed by atoms with Gasteiger partial charge in [0.25, 0.3) is 0 Å². The van der Waals surface area contributed by atoms with Gasteiger partial charge in [-0.15, -0.1) is 11.3 Å². The molecule has 2 N–H and O–H groups in total. The number of nitrogen functional groups attached to an aromatic ring is 1. The van der Waals surface area contributed by atoms with Gasteiger partial charge in [-0.2, -0.15) is 0 Å². The summed E-state index contributed by atoms with van der Waals surface area (Å²) < 4.78 is 0.995. The van der Waals surface area contributed by atoms with Gasteiger partial charge in [0.15, 0.2) is 5.13 Å². The maximum atomic E-state index is 6.19. The molecule has 18 heavy (non-hydrogen) atoms. The molecule has 0 fully saturated rings. The summed E-state index contributed by atoms with van der Waals surface area (Å²) in [5, 5.41) is 1.39. The molecular formula is C12H13BrClN3S. The molecule has 1 aromatic carbocycles. The standard InChI is InChI=1S/C12H13BrClN3S/c1-17(7-10-5-16-12(15)18-10)6-8-2-3-9(13)4-11(8)14/h2-5H,6-7H2,1H3,(H2,15,16). The van der Waals surface area contributed by atoms with Crippen LogP contribution in [0.4, 0.5) is 5.13 Å². The van der Waals surface area contributed by atoms with Crippen LogP contribution in [0.2, 0.25) is 5.02 Å². The van der Waals surface area contributed by atoms with Crippen molar-refractivity contribution in [3.8, 4) is 0 Å². The highest BCUT2D eigenvalue weighted by Crippen LogP contribution is 2.23. The molecule has 0 saturated carbocycles. The third-order valence-corrected chi connectivity index (χ3v) is 4.11. The van der Waals surface area contributed by atoms with E-state index in [0.29, 0.717) is 5.13 Å².